The van der Waals surface area contributed by atoms with E-state index in [1.165, 1.54) is 24.3 Å². The maximum absolute atomic E-state index is 14.2. The molecule has 1 aliphatic carbocycles. The van der Waals surface area contributed by atoms with Crippen LogP contribution in [0.5, 0.6) is 5.88 Å². The first-order valence-electron chi connectivity index (χ1n) is 10.4. The van der Waals surface area contributed by atoms with Crippen LogP contribution in [0.15, 0.2) is 36.4 Å². The number of benzene rings is 1. The first-order chi connectivity index (χ1) is 15.3. The molecule has 9 heteroatoms. The zero-order valence-electron chi connectivity index (χ0n) is 17.3. The van der Waals surface area contributed by atoms with E-state index in [0.717, 1.165) is 31.3 Å². The van der Waals surface area contributed by atoms with Gasteiger partial charge in [-0.15, -0.1) is 0 Å². The van der Waals surface area contributed by atoms with E-state index >= 15 is 0 Å². The second-order valence-electron chi connectivity index (χ2n) is 7.77. The van der Waals surface area contributed by atoms with Crippen LogP contribution in [0, 0.1) is 0 Å². The predicted octanol–water partition coefficient (Wildman–Crippen LogP) is 6.16. The number of ether oxygens (including phenoxy) is 2. The van der Waals surface area contributed by atoms with E-state index in [4.69, 9.17) is 26.8 Å². The number of nitrogen functional groups attached to an aromatic ring is 1. The molecule has 1 aromatic heterocycles. The number of hydrogen-bond acceptors (Lipinski definition) is 5. The monoisotopic (exact) mass is 465 g/mol. The summed E-state index contributed by atoms with van der Waals surface area (Å²) in [5, 5.41) is 0.328. The molecule has 0 amide bonds. The maximum atomic E-state index is 14.2. The molecule has 0 spiro atoms. The van der Waals surface area contributed by atoms with Crippen LogP contribution in [0.3, 0.4) is 0 Å². The molecule has 0 saturated carbocycles. The number of anilines is 1. The molecule has 0 saturated heterocycles. The number of halogens is 4. The van der Waals surface area contributed by atoms with Crippen molar-refractivity contribution in [1.29, 1.82) is 0 Å². The van der Waals surface area contributed by atoms with E-state index in [2.05, 4.69) is 9.97 Å². The Labute approximate surface area is 189 Å². The molecule has 170 valence electrons. The zero-order chi connectivity index (χ0) is 22.7. The van der Waals surface area contributed by atoms with Gasteiger partial charge in [0.25, 0.3) is 0 Å². The molecule has 2 N–H and O–H groups in total. The van der Waals surface area contributed by atoms with Crippen molar-refractivity contribution >= 4 is 28.7 Å². The lowest BCUT2D eigenvalue weighted by atomic mass is 9.94. The molecule has 1 atom stereocenters. The standard InChI is InChI=1S/C23H23ClF3N3O2/c24-16-8-9-17(18(11-16)15-7-4-10-31-13-15)21(23(25,26)27)32-20-12-19(29-22(28)30-20)14-5-2-1-3-6-14/h5,7-9,11-12,21H,1-4,6,10,13H2,(H2,28,29,30). The van der Waals surface area contributed by atoms with Gasteiger partial charge in [0.05, 0.1) is 18.9 Å². The molecule has 1 aliphatic heterocycles. The minimum atomic E-state index is -4.71. The van der Waals surface area contributed by atoms with Gasteiger partial charge in [0.1, 0.15) is 0 Å². The third kappa shape index (κ3) is 5.24. The third-order valence-electron chi connectivity index (χ3n) is 5.43. The summed E-state index contributed by atoms with van der Waals surface area (Å²) >= 11 is 6.11. The Kier molecular flexibility index (Phi) is 6.71. The fourth-order valence-corrected chi connectivity index (χ4v) is 4.12. The van der Waals surface area contributed by atoms with E-state index in [1.807, 2.05) is 12.2 Å². The van der Waals surface area contributed by atoms with Crippen LogP contribution in [0.4, 0.5) is 19.1 Å². The van der Waals surface area contributed by atoms with Crippen molar-refractivity contribution in [1.82, 2.24) is 9.97 Å². The van der Waals surface area contributed by atoms with Crippen molar-refractivity contribution in [2.24, 2.45) is 0 Å². The van der Waals surface area contributed by atoms with Crippen molar-refractivity contribution in [3.63, 3.8) is 0 Å². The topological polar surface area (TPSA) is 70.3 Å². The summed E-state index contributed by atoms with van der Waals surface area (Å²) in [6, 6.07) is 5.68. The molecular weight excluding hydrogens is 443 g/mol. The minimum Gasteiger partial charge on any atom is -0.460 e. The van der Waals surface area contributed by atoms with Gasteiger partial charge in [-0.25, -0.2) is 4.98 Å². The van der Waals surface area contributed by atoms with Crippen LogP contribution >= 0.6 is 11.6 Å². The Bertz CT molecular complexity index is 1050. The first kappa shape index (κ1) is 22.6. The highest BCUT2D eigenvalue weighted by Crippen LogP contribution is 2.41. The second kappa shape index (κ2) is 9.50. The largest absolute Gasteiger partial charge is 0.460 e. The average molecular weight is 466 g/mol. The van der Waals surface area contributed by atoms with Gasteiger partial charge in [-0.3, -0.25) is 0 Å². The fourth-order valence-electron chi connectivity index (χ4n) is 3.95. The fraction of sp³-hybridized carbons (Fsp3) is 0.391. The van der Waals surface area contributed by atoms with Gasteiger partial charge in [-0.2, -0.15) is 18.2 Å². The summed E-state index contributed by atoms with van der Waals surface area (Å²) in [7, 11) is 0. The Balaban J connectivity index is 1.73. The Morgan fingerprint density at radius 3 is 2.56 bits per heavy atom. The van der Waals surface area contributed by atoms with E-state index in [1.54, 1.807) is 0 Å². The van der Waals surface area contributed by atoms with Gasteiger partial charge in [0.15, 0.2) is 0 Å². The summed E-state index contributed by atoms with van der Waals surface area (Å²) < 4.78 is 53.5. The van der Waals surface area contributed by atoms with Crippen molar-refractivity contribution in [2.75, 3.05) is 18.9 Å². The van der Waals surface area contributed by atoms with E-state index in [0.29, 0.717) is 34.9 Å². The molecule has 0 radical (unpaired) electrons. The molecule has 5 nitrogen and oxygen atoms in total. The Morgan fingerprint density at radius 1 is 1.06 bits per heavy atom. The lowest BCUT2D eigenvalue weighted by Crippen LogP contribution is -2.28. The molecule has 0 bridgehead atoms. The van der Waals surface area contributed by atoms with Crippen LogP contribution in [0.2, 0.25) is 5.02 Å². The highest BCUT2D eigenvalue weighted by molar-refractivity contribution is 6.30. The first-order valence-corrected chi connectivity index (χ1v) is 10.8. The van der Waals surface area contributed by atoms with Crippen LogP contribution in [0.1, 0.15) is 55.0 Å². The molecule has 32 heavy (non-hydrogen) atoms. The molecular formula is C23H23ClF3N3O2. The summed E-state index contributed by atoms with van der Waals surface area (Å²) in [6.45, 7) is 0.730. The molecule has 2 aromatic rings. The average Bonchev–Trinajstić information content (AvgIpc) is 2.78. The van der Waals surface area contributed by atoms with Gasteiger partial charge in [-0.1, -0.05) is 29.8 Å². The van der Waals surface area contributed by atoms with Gasteiger partial charge in [0.2, 0.25) is 17.9 Å². The number of rotatable bonds is 5. The second-order valence-corrected chi connectivity index (χ2v) is 8.20. The van der Waals surface area contributed by atoms with E-state index in [9.17, 15) is 13.2 Å². The lowest BCUT2D eigenvalue weighted by Gasteiger charge is -2.26. The van der Waals surface area contributed by atoms with Crippen LogP contribution in [-0.4, -0.2) is 29.4 Å². The van der Waals surface area contributed by atoms with Crippen molar-refractivity contribution < 1.29 is 22.6 Å². The SMILES string of the molecule is Nc1nc(OC(c2ccc(Cl)cc2C2=CCCOC2)C(F)(F)F)cc(C2=CCCCC2)n1. The zero-order valence-corrected chi connectivity index (χ0v) is 18.0. The van der Waals surface area contributed by atoms with Crippen LogP contribution in [0.25, 0.3) is 11.1 Å². The van der Waals surface area contributed by atoms with E-state index in [-0.39, 0.29) is 24.0 Å². The summed E-state index contributed by atoms with van der Waals surface area (Å²) in [5.41, 5.74) is 8.16. The molecule has 2 aliphatic rings. The van der Waals surface area contributed by atoms with Crippen LogP contribution in [-0.2, 0) is 4.74 Å². The highest BCUT2D eigenvalue weighted by Gasteiger charge is 2.45. The summed E-state index contributed by atoms with van der Waals surface area (Å²) in [4.78, 5) is 8.12. The number of allylic oxidation sites excluding steroid dienone is 2. The number of nitrogens with two attached hydrogens (primary N) is 1. The van der Waals surface area contributed by atoms with Crippen molar-refractivity contribution in [2.45, 2.75) is 44.4 Å². The molecule has 1 aromatic carbocycles. The van der Waals surface area contributed by atoms with Crippen LogP contribution < -0.4 is 10.5 Å². The van der Waals surface area contributed by atoms with Gasteiger partial charge < -0.3 is 15.2 Å². The molecule has 0 fully saturated rings. The number of alkyl halides is 3. The number of hydrogen-bond donors (Lipinski definition) is 1. The van der Waals surface area contributed by atoms with Gasteiger partial charge in [-0.05, 0) is 60.9 Å². The van der Waals surface area contributed by atoms with Gasteiger partial charge >= 0.3 is 6.18 Å². The van der Waals surface area contributed by atoms with E-state index < -0.39 is 12.3 Å². The normalized spacial score (nSPS) is 18.0. The molecule has 1 unspecified atom stereocenters. The highest BCUT2D eigenvalue weighted by atomic mass is 35.5. The number of nitrogens with zero attached hydrogens (tertiary/aromatic N) is 2. The predicted molar refractivity (Wildman–Crippen MR) is 117 cm³/mol. The summed E-state index contributed by atoms with van der Waals surface area (Å²) in [6.07, 6.45) is 1.28. The maximum Gasteiger partial charge on any atom is 0.429 e. The van der Waals surface area contributed by atoms with Gasteiger partial charge in [0, 0.05) is 16.7 Å². The minimum absolute atomic E-state index is 0.0609. The smallest absolute Gasteiger partial charge is 0.429 e. The lowest BCUT2D eigenvalue weighted by molar-refractivity contribution is -0.198. The number of aromatic nitrogens is 2. The summed E-state index contributed by atoms with van der Waals surface area (Å²) in [5.74, 6) is -0.360. The Morgan fingerprint density at radius 2 is 1.88 bits per heavy atom. The van der Waals surface area contributed by atoms with Crippen molar-refractivity contribution in [3.05, 3.63) is 58.3 Å². The molecule has 4 rings (SSSR count). The Hall–Kier alpha value is -2.58. The quantitative estimate of drug-likeness (QED) is 0.573. The van der Waals surface area contributed by atoms with Crippen molar-refractivity contribution in [3.8, 4) is 5.88 Å². The molecule has 2 heterocycles. The third-order valence-corrected chi connectivity index (χ3v) is 5.67.